The van der Waals surface area contributed by atoms with Gasteiger partial charge in [0.25, 0.3) is 0 Å². The number of carbonyl (C=O) groups excluding carboxylic acids is 2. The number of amides is 1. The Kier molecular flexibility index (Phi) is 8.02. The Hall–Kier alpha value is -1.49. The maximum absolute atomic E-state index is 12.3. The van der Waals surface area contributed by atoms with Crippen molar-refractivity contribution in [3.8, 4) is 0 Å². The molecule has 1 unspecified atom stereocenters. The van der Waals surface area contributed by atoms with Gasteiger partial charge in [0.2, 0.25) is 5.91 Å². The third-order valence-corrected chi connectivity index (χ3v) is 4.18. The number of ether oxygens (including phenoxy) is 1. The summed E-state index contributed by atoms with van der Waals surface area (Å²) in [5.41, 5.74) is 0.933. The van der Waals surface area contributed by atoms with Gasteiger partial charge in [0.05, 0.1) is 5.25 Å². The van der Waals surface area contributed by atoms with Crippen LogP contribution in [0.25, 0.3) is 0 Å². The summed E-state index contributed by atoms with van der Waals surface area (Å²) in [5.74, 6) is -0.215. The molecule has 0 saturated carbocycles. The number of rotatable bonds is 8. The van der Waals surface area contributed by atoms with Crippen molar-refractivity contribution in [2.45, 2.75) is 45.1 Å². The average Bonchev–Trinajstić information content (AvgIpc) is 2.51. The minimum atomic E-state index is -0.592. The van der Waals surface area contributed by atoms with E-state index in [0.717, 1.165) is 5.56 Å². The summed E-state index contributed by atoms with van der Waals surface area (Å²) >= 11 is 1.45. The molecule has 0 heterocycles. The number of esters is 1. The summed E-state index contributed by atoms with van der Waals surface area (Å²) in [6.45, 7) is 6.08. The summed E-state index contributed by atoms with van der Waals surface area (Å²) in [7, 11) is 0. The van der Waals surface area contributed by atoms with Crippen molar-refractivity contribution in [1.82, 2.24) is 5.32 Å². The lowest BCUT2D eigenvalue weighted by Crippen LogP contribution is -2.45. The maximum atomic E-state index is 12.3. The van der Waals surface area contributed by atoms with Crippen LogP contribution in [0.3, 0.4) is 0 Å². The van der Waals surface area contributed by atoms with Crippen molar-refractivity contribution in [3.63, 3.8) is 0 Å². The van der Waals surface area contributed by atoms with E-state index in [-0.39, 0.29) is 23.7 Å². The second-order valence-corrected chi connectivity index (χ2v) is 6.84. The van der Waals surface area contributed by atoms with E-state index < -0.39 is 6.04 Å². The standard InChI is InChI=1S/C17H25NO3S/c1-12(2)10-15(18-16(19)13(3)22-4)17(20)21-11-14-8-6-5-7-9-14/h5-9,12-13,15H,10-11H2,1-4H3,(H,18,19)/t13?,15-/m0/s1. The maximum Gasteiger partial charge on any atom is 0.328 e. The van der Waals surface area contributed by atoms with Gasteiger partial charge in [-0.1, -0.05) is 44.2 Å². The Labute approximate surface area is 137 Å². The minimum absolute atomic E-state index is 0.130. The zero-order valence-electron chi connectivity index (χ0n) is 13.7. The number of benzene rings is 1. The van der Waals surface area contributed by atoms with Gasteiger partial charge < -0.3 is 10.1 Å². The third-order valence-electron chi connectivity index (χ3n) is 3.25. The van der Waals surface area contributed by atoms with Gasteiger partial charge in [0.1, 0.15) is 12.6 Å². The summed E-state index contributed by atoms with van der Waals surface area (Å²) in [5, 5.41) is 2.62. The molecule has 1 amide bonds. The van der Waals surface area contributed by atoms with Crippen LogP contribution in [-0.2, 0) is 20.9 Å². The van der Waals surface area contributed by atoms with Crippen LogP contribution in [0.2, 0.25) is 0 Å². The molecule has 0 aliphatic heterocycles. The predicted octanol–water partition coefficient (Wildman–Crippen LogP) is 3.01. The van der Waals surface area contributed by atoms with Crippen LogP contribution in [0, 0.1) is 5.92 Å². The van der Waals surface area contributed by atoms with Crippen molar-refractivity contribution in [3.05, 3.63) is 35.9 Å². The molecular formula is C17H25NO3S. The molecule has 0 aliphatic carbocycles. The number of thioether (sulfide) groups is 1. The highest BCUT2D eigenvalue weighted by Crippen LogP contribution is 2.11. The van der Waals surface area contributed by atoms with E-state index in [2.05, 4.69) is 5.32 Å². The molecule has 1 aromatic rings. The molecule has 0 aliphatic rings. The number of carbonyl (C=O) groups is 2. The highest BCUT2D eigenvalue weighted by atomic mass is 32.2. The van der Waals surface area contributed by atoms with Crippen LogP contribution in [0.4, 0.5) is 0 Å². The molecule has 2 atom stereocenters. The zero-order chi connectivity index (χ0) is 16.5. The molecule has 0 bridgehead atoms. The van der Waals surface area contributed by atoms with E-state index in [4.69, 9.17) is 4.74 Å². The van der Waals surface area contributed by atoms with Gasteiger partial charge in [-0.15, -0.1) is 0 Å². The summed E-state index contributed by atoms with van der Waals surface area (Å²) in [4.78, 5) is 24.3. The lowest BCUT2D eigenvalue weighted by Gasteiger charge is -2.21. The number of hydrogen-bond donors (Lipinski definition) is 1. The molecule has 0 radical (unpaired) electrons. The topological polar surface area (TPSA) is 55.4 Å². The van der Waals surface area contributed by atoms with Crippen molar-refractivity contribution in [1.29, 1.82) is 0 Å². The summed E-state index contributed by atoms with van der Waals surface area (Å²) in [6, 6.07) is 8.92. The van der Waals surface area contributed by atoms with Gasteiger partial charge in [-0.2, -0.15) is 11.8 Å². The molecule has 4 nitrogen and oxygen atoms in total. The van der Waals surface area contributed by atoms with E-state index in [1.54, 1.807) is 0 Å². The third kappa shape index (κ3) is 6.52. The van der Waals surface area contributed by atoms with Crippen LogP contribution in [0.1, 0.15) is 32.8 Å². The van der Waals surface area contributed by atoms with Crippen molar-refractivity contribution < 1.29 is 14.3 Å². The second-order valence-electron chi connectivity index (χ2n) is 5.66. The highest BCUT2D eigenvalue weighted by Gasteiger charge is 2.25. The monoisotopic (exact) mass is 323 g/mol. The van der Waals surface area contributed by atoms with Crippen LogP contribution in [-0.4, -0.2) is 29.4 Å². The molecule has 1 N–H and O–H groups in total. The molecule has 0 fully saturated rings. The van der Waals surface area contributed by atoms with Crippen molar-refractivity contribution in [2.24, 2.45) is 5.92 Å². The normalized spacial score (nSPS) is 13.5. The Morgan fingerprint density at radius 1 is 1.18 bits per heavy atom. The molecular weight excluding hydrogens is 298 g/mol. The van der Waals surface area contributed by atoms with Gasteiger partial charge in [-0.05, 0) is 31.1 Å². The Morgan fingerprint density at radius 2 is 1.82 bits per heavy atom. The smallest absolute Gasteiger partial charge is 0.328 e. The fourth-order valence-corrected chi connectivity index (χ4v) is 2.19. The Balaban J connectivity index is 2.61. The van der Waals surface area contributed by atoms with E-state index in [1.807, 2.05) is 57.4 Å². The van der Waals surface area contributed by atoms with Gasteiger partial charge in [0.15, 0.2) is 0 Å². The fraction of sp³-hybridized carbons (Fsp3) is 0.529. The first kappa shape index (κ1) is 18.6. The molecule has 0 spiro atoms. The van der Waals surface area contributed by atoms with Crippen LogP contribution in [0.5, 0.6) is 0 Å². The van der Waals surface area contributed by atoms with Gasteiger partial charge in [-0.3, -0.25) is 4.79 Å². The average molecular weight is 323 g/mol. The molecule has 122 valence electrons. The van der Waals surface area contributed by atoms with Crippen molar-refractivity contribution >= 4 is 23.6 Å². The van der Waals surface area contributed by atoms with E-state index in [9.17, 15) is 9.59 Å². The second kappa shape index (κ2) is 9.51. The highest BCUT2D eigenvalue weighted by molar-refractivity contribution is 7.99. The van der Waals surface area contributed by atoms with Gasteiger partial charge in [0, 0.05) is 0 Å². The van der Waals surface area contributed by atoms with Crippen LogP contribution < -0.4 is 5.32 Å². The zero-order valence-corrected chi connectivity index (χ0v) is 14.5. The predicted molar refractivity (Wildman–Crippen MR) is 90.6 cm³/mol. The molecule has 1 rings (SSSR count). The first-order chi connectivity index (χ1) is 10.4. The van der Waals surface area contributed by atoms with Crippen LogP contribution >= 0.6 is 11.8 Å². The molecule has 22 heavy (non-hydrogen) atoms. The lowest BCUT2D eigenvalue weighted by atomic mass is 10.0. The Bertz CT molecular complexity index is 476. The fourth-order valence-electron chi connectivity index (χ4n) is 1.91. The quantitative estimate of drug-likeness (QED) is 0.747. The Morgan fingerprint density at radius 3 is 2.36 bits per heavy atom. The van der Waals surface area contributed by atoms with E-state index >= 15 is 0 Å². The number of hydrogen-bond acceptors (Lipinski definition) is 4. The lowest BCUT2D eigenvalue weighted by molar-refractivity contribution is -0.149. The van der Waals surface area contributed by atoms with Gasteiger partial charge >= 0.3 is 5.97 Å². The SMILES string of the molecule is CSC(C)C(=O)N[C@@H](CC(C)C)C(=O)OCc1ccccc1. The summed E-state index contributed by atoms with van der Waals surface area (Å²) in [6.07, 6.45) is 2.44. The number of nitrogens with one attached hydrogen (secondary N) is 1. The minimum Gasteiger partial charge on any atom is -0.459 e. The van der Waals surface area contributed by atoms with Crippen molar-refractivity contribution in [2.75, 3.05) is 6.26 Å². The van der Waals surface area contributed by atoms with E-state index in [0.29, 0.717) is 12.3 Å². The molecule has 0 aromatic heterocycles. The molecule has 5 heteroatoms. The molecule has 1 aromatic carbocycles. The largest absolute Gasteiger partial charge is 0.459 e. The summed E-state index contributed by atoms with van der Waals surface area (Å²) < 4.78 is 5.34. The first-order valence-electron chi connectivity index (χ1n) is 7.47. The van der Waals surface area contributed by atoms with Gasteiger partial charge in [-0.25, -0.2) is 4.79 Å². The molecule has 0 saturated heterocycles. The van der Waals surface area contributed by atoms with E-state index in [1.165, 1.54) is 11.8 Å². The first-order valence-corrected chi connectivity index (χ1v) is 8.76. The van der Waals surface area contributed by atoms with Crippen LogP contribution in [0.15, 0.2) is 30.3 Å².